The fourth-order valence-electron chi connectivity index (χ4n) is 4.81. The third-order valence-corrected chi connectivity index (χ3v) is 6.26. The SMILES string of the molecule is O[C@H]1[C@H](O)C(c2ccccc2)(c2ccccc2)OC1(c1ccccc1)c1ccccc1. The van der Waals surface area contributed by atoms with Crippen molar-refractivity contribution in [2.24, 2.45) is 0 Å². The van der Waals surface area contributed by atoms with E-state index >= 15 is 0 Å². The molecule has 1 aliphatic rings. The summed E-state index contributed by atoms with van der Waals surface area (Å²) in [5, 5.41) is 23.4. The van der Waals surface area contributed by atoms with Crippen LogP contribution in [0.2, 0.25) is 0 Å². The molecule has 0 aliphatic carbocycles. The van der Waals surface area contributed by atoms with Crippen LogP contribution in [0.25, 0.3) is 0 Å². The van der Waals surface area contributed by atoms with E-state index in [-0.39, 0.29) is 0 Å². The predicted octanol–water partition coefficient (Wildman–Crippen LogP) is 4.63. The first-order chi connectivity index (χ1) is 15.2. The van der Waals surface area contributed by atoms with E-state index in [0.29, 0.717) is 0 Å². The molecule has 3 heteroatoms. The summed E-state index contributed by atoms with van der Waals surface area (Å²) in [5.74, 6) is 0. The molecule has 0 saturated carbocycles. The zero-order valence-electron chi connectivity index (χ0n) is 17.0. The van der Waals surface area contributed by atoms with Crippen molar-refractivity contribution in [2.75, 3.05) is 0 Å². The molecule has 4 aromatic rings. The van der Waals surface area contributed by atoms with Gasteiger partial charge in [-0.1, -0.05) is 121 Å². The number of hydrogen-bond acceptors (Lipinski definition) is 3. The van der Waals surface area contributed by atoms with Crippen LogP contribution >= 0.6 is 0 Å². The van der Waals surface area contributed by atoms with Gasteiger partial charge in [-0.25, -0.2) is 0 Å². The third-order valence-electron chi connectivity index (χ3n) is 6.26. The highest BCUT2D eigenvalue weighted by molar-refractivity contribution is 5.47. The molecule has 0 amide bonds. The van der Waals surface area contributed by atoms with Gasteiger partial charge in [0.15, 0.2) is 0 Å². The van der Waals surface area contributed by atoms with Gasteiger partial charge in [0.1, 0.15) is 23.4 Å². The Labute approximate surface area is 182 Å². The molecule has 1 heterocycles. The number of ether oxygens (including phenoxy) is 1. The molecule has 0 unspecified atom stereocenters. The monoisotopic (exact) mass is 408 g/mol. The van der Waals surface area contributed by atoms with Gasteiger partial charge in [-0.3, -0.25) is 0 Å². The summed E-state index contributed by atoms with van der Waals surface area (Å²) in [6.45, 7) is 0. The highest BCUT2D eigenvalue weighted by atomic mass is 16.6. The van der Waals surface area contributed by atoms with E-state index in [1.165, 1.54) is 0 Å². The number of benzene rings is 4. The topological polar surface area (TPSA) is 49.7 Å². The Hall–Kier alpha value is -3.24. The zero-order chi connectivity index (χ0) is 21.3. The van der Waals surface area contributed by atoms with Gasteiger partial charge in [0, 0.05) is 0 Å². The van der Waals surface area contributed by atoms with Gasteiger partial charge in [0.25, 0.3) is 0 Å². The fourth-order valence-corrected chi connectivity index (χ4v) is 4.81. The molecule has 3 nitrogen and oxygen atoms in total. The summed E-state index contributed by atoms with van der Waals surface area (Å²) in [7, 11) is 0. The lowest BCUT2D eigenvalue weighted by atomic mass is 9.77. The second-order valence-corrected chi connectivity index (χ2v) is 7.93. The van der Waals surface area contributed by atoms with Crippen LogP contribution in [0.4, 0.5) is 0 Å². The van der Waals surface area contributed by atoms with E-state index in [4.69, 9.17) is 4.74 Å². The van der Waals surface area contributed by atoms with Gasteiger partial charge >= 0.3 is 0 Å². The van der Waals surface area contributed by atoms with E-state index in [1.807, 2.05) is 121 Å². The molecule has 154 valence electrons. The van der Waals surface area contributed by atoms with Crippen molar-refractivity contribution in [3.8, 4) is 0 Å². The predicted molar refractivity (Wildman–Crippen MR) is 120 cm³/mol. The lowest BCUT2D eigenvalue weighted by molar-refractivity contribution is -0.0995. The molecular formula is C28H24O3. The first-order valence-electron chi connectivity index (χ1n) is 10.5. The smallest absolute Gasteiger partial charge is 0.148 e. The van der Waals surface area contributed by atoms with Gasteiger partial charge < -0.3 is 14.9 Å². The summed E-state index contributed by atoms with van der Waals surface area (Å²) >= 11 is 0. The van der Waals surface area contributed by atoms with E-state index in [2.05, 4.69) is 0 Å². The first-order valence-corrected chi connectivity index (χ1v) is 10.5. The maximum Gasteiger partial charge on any atom is 0.148 e. The molecule has 1 saturated heterocycles. The van der Waals surface area contributed by atoms with Crippen molar-refractivity contribution < 1.29 is 14.9 Å². The summed E-state index contributed by atoms with van der Waals surface area (Å²) in [5.41, 5.74) is 0.687. The molecule has 0 spiro atoms. The average Bonchev–Trinajstić information content (AvgIpc) is 3.10. The van der Waals surface area contributed by atoms with Crippen LogP contribution in [0.3, 0.4) is 0 Å². The molecule has 31 heavy (non-hydrogen) atoms. The minimum atomic E-state index is -1.24. The van der Waals surface area contributed by atoms with E-state index < -0.39 is 23.4 Å². The van der Waals surface area contributed by atoms with Crippen LogP contribution in [0, 0.1) is 0 Å². The molecule has 0 radical (unpaired) electrons. The minimum absolute atomic E-state index is 0.793. The highest BCUT2D eigenvalue weighted by Gasteiger charge is 2.64. The lowest BCUT2D eigenvalue weighted by Crippen LogP contribution is -2.43. The van der Waals surface area contributed by atoms with E-state index in [0.717, 1.165) is 22.3 Å². The zero-order valence-corrected chi connectivity index (χ0v) is 17.0. The molecular weight excluding hydrogens is 384 g/mol. The molecule has 5 rings (SSSR count). The maximum atomic E-state index is 11.7. The lowest BCUT2D eigenvalue weighted by Gasteiger charge is -2.37. The molecule has 2 N–H and O–H groups in total. The molecule has 0 bridgehead atoms. The van der Waals surface area contributed by atoms with Gasteiger partial charge in [-0.15, -0.1) is 0 Å². The van der Waals surface area contributed by atoms with E-state index in [1.54, 1.807) is 0 Å². The maximum absolute atomic E-state index is 11.7. The Balaban J connectivity index is 1.82. The van der Waals surface area contributed by atoms with Crippen molar-refractivity contribution >= 4 is 0 Å². The molecule has 4 aromatic carbocycles. The standard InChI is InChI=1S/C28H24O3/c29-25-26(30)28(23-17-9-3-10-18-23,24-19-11-4-12-20-24)31-27(25,21-13-5-1-6-14-21)22-15-7-2-8-16-22/h1-20,25-26,29-30H/t25-,26-/m0/s1. The van der Waals surface area contributed by atoms with Crippen LogP contribution < -0.4 is 0 Å². The second kappa shape index (κ2) is 7.78. The summed E-state index contributed by atoms with van der Waals surface area (Å²) in [6, 6.07) is 38.6. The highest BCUT2D eigenvalue weighted by Crippen LogP contribution is 2.55. The largest absolute Gasteiger partial charge is 0.386 e. The Bertz CT molecular complexity index is 956. The van der Waals surface area contributed by atoms with E-state index in [9.17, 15) is 10.2 Å². The van der Waals surface area contributed by atoms with Gasteiger partial charge in [-0.2, -0.15) is 0 Å². The number of aliphatic hydroxyl groups is 2. The number of aliphatic hydroxyl groups excluding tert-OH is 2. The second-order valence-electron chi connectivity index (χ2n) is 7.93. The molecule has 0 aromatic heterocycles. The summed E-state index contributed by atoms with van der Waals surface area (Å²) < 4.78 is 7.01. The molecule has 1 fully saturated rings. The minimum Gasteiger partial charge on any atom is -0.386 e. The fraction of sp³-hybridized carbons (Fsp3) is 0.143. The average molecular weight is 408 g/mol. The normalized spacial score (nSPS) is 21.6. The van der Waals surface area contributed by atoms with Gasteiger partial charge in [-0.05, 0) is 22.3 Å². The quantitative estimate of drug-likeness (QED) is 0.518. The Morgan fingerprint density at radius 3 is 0.871 bits per heavy atom. The molecule has 2 atom stereocenters. The van der Waals surface area contributed by atoms with Crippen molar-refractivity contribution in [2.45, 2.75) is 23.4 Å². The van der Waals surface area contributed by atoms with Gasteiger partial charge in [0.05, 0.1) is 0 Å². The Kier molecular flexibility index (Phi) is 4.95. The summed E-state index contributed by atoms with van der Waals surface area (Å²) in [6.07, 6.45) is -2.39. The van der Waals surface area contributed by atoms with Crippen LogP contribution in [0.5, 0.6) is 0 Å². The van der Waals surface area contributed by atoms with Crippen LogP contribution in [-0.4, -0.2) is 22.4 Å². The Morgan fingerprint density at radius 2 is 0.645 bits per heavy atom. The van der Waals surface area contributed by atoms with Crippen molar-refractivity contribution in [3.05, 3.63) is 144 Å². The Morgan fingerprint density at radius 1 is 0.419 bits per heavy atom. The van der Waals surface area contributed by atoms with Crippen LogP contribution in [-0.2, 0) is 15.9 Å². The summed E-state index contributed by atoms with van der Waals surface area (Å²) in [4.78, 5) is 0. The van der Waals surface area contributed by atoms with Crippen molar-refractivity contribution in [1.82, 2.24) is 0 Å². The molecule has 1 aliphatic heterocycles. The van der Waals surface area contributed by atoms with Crippen LogP contribution in [0.1, 0.15) is 22.3 Å². The first kappa shape index (κ1) is 19.7. The number of hydrogen-bond donors (Lipinski definition) is 2. The number of rotatable bonds is 4. The third kappa shape index (κ3) is 2.94. The van der Waals surface area contributed by atoms with Crippen LogP contribution in [0.15, 0.2) is 121 Å². The van der Waals surface area contributed by atoms with Gasteiger partial charge in [0.2, 0.25) is 0 Å². The van der Waals surface area contributed by atoms with Crippen molar-refractivity contribution in [3.63, 3.8) is 0 Å². The van der Waals surface area contributed by atoms with Crippen molar-refractivity contribution in [1.29, 1.82) is 0 Å².